The molecule has 5 aromatic rings. The minimum absolute atomic E-state index is 0. The molecule has 0 aliphatic heterocycles. The van der Waals surface area contributed by atoms with Gasteiger partial charge in [-0.05, 0) is 74.6 Å². The fourth-order valence-electron chi connectivity index (χ4n) is 6.89. The topological polar surface area (TPSA) is 76.2 Å². The third-order valence-corrected chi connectivity index (χ3v) is 10.1. The first kappa shape index (κ1) is 43.7. The molecule has 0 saturated heterocycles. The Labute approximate surface area is 328 Å². The molecule has 5 nitrogen and oxygen atoms in total. The SMILES string of the molecule is CCC(CC)C(=O)/C=C(\O)C(CC)CC.Cc1cc(CC(C)(C)C(F)F)cc(C)c1-c1nc2ccnc(-c3[c-]c4ccccc4c(C(C)C)c3)c2o1.[Ir]. The quantitative estimate of drug-likeness (QED) is 0.0724. The maximum atomic E-state index is 13.5. The predicted octanol–water partition coefficient (Wildman–Crippen LogP) is 13.0. The number of aryl methyl sites for hydroxylation is 2. The summed E-state index contributed by atoms with van der Waals surface area (Å²) in [7, 11) is 0. The first-order valence-corrected chi connectivity index (χ1v) is 18.7. The molecule has 0 bridgehead atoms. The molecule has 0 unspecified atom stereocenters. The number of aliphatic hydroxyl groups is 1. The van der Waals surface area contributed by atoms with Gasteiger partial charge in [-0.3, -0.25) is 9.78 Å². The van der Waals surface area contributed by atoms with Gasteiger partial charge in [0, 0.05) is 60.9 Å². The average Bonchev–Trinajstić information content (AvgIpc) is 3.52. The molecule has 0 aliphatic carbocycles. The molecule has 2 heterocycles. The molecule has 0 fully saturated rings. The number of hydrogen-bond donors (Lipinski definition) is 1. The van der Waals surface area contributed by atoms with Crippen LogP contribution in [-0.2, 0) is 31.3 Å². The van der Waals surface area contributed by atoms with Crippen molar-refractivity contribution in [3.8, 4) is 22.7 Å². The number of alkyl halides is 2. The van der Waals surface area contributed by atoms with Crippen LogP contribution >= 0.6 is 0 Å². The number of oxazole rings is 1. The number of nitrogens with zero attached hydrogens (tertiary/aromatic N) is 2. The first-order valence-electron chi connectivity index (χ1n) is 18.7. The van der Waals surface area contributed by atoms with Crippen LogP contribution in [0.3, 0.4) is 0 Å². The standard InChI is InChI=1S/C32H31F2N2O.C13H24O2.Ir/c1-18(2)25-16-23(15-22-9-7-8-10-24(22)25)28-29-26(11-12-35-28)36-30(37-29)27-19(3)13-21(14-20(27)4)17-32(5,6)31(33)34;1-5-10(6-2)12(14)9-13(15)11(7-3)8-4;/h7-14,16,18,31H,17H2,1-6H3;9-11,14H,5-8H2,1-4H3;/q-1;;/b;12-9-;. The van der Waals surface area contributed by atoms with Crippen molar-refractivity contribution in [3.63, 3.8) is 0 Å². The fraction of sp³-hybridized carbons (Fsp3) is 0.444. The van der Waals surface area contributed by atoms with Gasteiger partial charge in [-0.2, -0.15) is 0 Å². The van der Waals surface area contributed by atoms with E-state index >= 15 is 0 Å². The van der Waals surface area contributed by atoms with Crippen molar-refractivity contribution < 1.29 is 43.2 Å². The molecule has 0 saturated carbocycles. The van der Waals surface area contributed by atoms with Crippen molar-refractivity contribution in [3.05, 3.63) is 94.9 Å². The number of carbonyl (C=O) groups excluding carboxylic acids is 1. The molecule has 0 atom stereocenters. The van der Waals surface area contributed by atoms with Crippen molar-refractivity contribution in [2.24, 2.45) is 17.3 Å². The number of aromatic nitrogens is 2. The third-order valence-electron chi connectivity index (χ3n) is 10.1. The molecule has 0 aliphatic rings. The van der Waals surface area contributed by atoms with Crippen LogP contribution in [0, 0.1) is 37.2 Å². The number of hydrogen-bond acceptors (Lipinski definition) is 5. The van der Waals surface area contributed by atoms with Gasteiger partial charge in [-0.1, -0.05) is 96.7 Å². The van der Waals surface area contributed by atoms with Gasteiger partial charge in [0.15, 0.2) is 5.78 Å². The van der Waals surface area contributed by atoms with E-state index in [0.29, 0.717) is 29.5 Å². The van der Waals surface area contributed by atoms with Gasteiger partial charge in [0.2, 0.25) is 12.3 Å². The molecule has 1 N–H and O–H groups in total. The second kappa shape index (κ2) is 19.0. The zero-order valence-corrected chi connectivity index (χ0v) is 35.3. The summed E-state index contributed by atoms with van der Waals surface area (Å²) < 4.78 is 33.3. The van der Waals surface area contributed by atoms with Crippen molar-refractivity contribution in [2.45, 2.75) is 114 Å². The Morgan fingerprint density at radius 2 is 1.55 bits per heavy atom. The van der Waals surface area contributed by atoms with Crippen LogP contribution in [0.15, 0.2) is 71.0 Å². The maximum Gasteiger partial charge on any atom is 0.243 e. The van der Waals surface area contributed by atoms with E-state index in [1.54, 1.807) is 20.0 Å². The molecule has 1 radical (unpaired) electrons. The monoisotopic (exact) mass is 902 g/mol. The Balaban J connectivity index is 0.000000403. The van der Waals surface area contributed by atoms with Crippen molar-refractivity contribution in [1.82, 2.24) is 9.97 Å². The molecule has 5 rings (SSSR count). The molecule has 3 aromatic carbocycles. The number of halogens is 2. The van der Waals surface area contributed by atoms with Crippen molar-refractivity contribution >= 4 is 27.7 Å². The van der Waals surface area contributed by atoms with Crippen molar-refractivity contribution in [1.29, 1.82) is 0 Å². The maximum absolute atomic E-state index is 13.5. The number of carbonyl (C=O) groups is 1. The largest absolute Gasteiger partial charge is 0.512 e. The first-order chi connectivity index (χ1) is 24.6. The molecule has 53 heavy (non-hydrogen) atoms. The van der Waals surface area contributed by atoms with Gasteiger partial charge < -0.3 is 9.52 Å². The third kappa shape index (κ3) is 10.3. The average molecular weight is 902 g/mol. The normalized spacial score (nSPS) is 12.2. The van der Waals surface area contributed by atoms with E-state index in [0.717, 1.165) is 64.4 Å². The molecule has 0 spiro atoms. The van der Waals surface area contributed by atoms with Gasteiger partial charge in [-0.15, -0.1) is 29.1 Å². The van der Waals surface area contributed by atoms with Gasteiger partial charge >= 0.3 is 0 Å². The molecule has 2 aromatic heterocycles. The van der Waals surface area contributed by atoms with E-state index in [2.05, 4.69) is 43.1 Å². The van der Waals surface area contributed by atoms with E-state index in [1.807, 2.05) is 71.9 Å². The number of allylic oxidation sites excluding steroid dienone is 2. The van der Waals surface area contributed by atoms with Gasteiger partial charge in [0.1, 0.15) is 11.1 Å². The summed E-state index contributed by atoms with van der Waals surface area (Å²) in [5.41, 5.74) is 6.69. The predicted molar refractivity (Wildman–Crippen MR) is 210 cm³/mol. The summed E-state index contributed by atoms with van der Waals surface area (Å²) in [6, 6.07) is 19.7. The van der Waals surface area contributed by atoms with Crippen LogP contribution in [0.1, 0.15) is 109 Å². The number of benzene rings is 3. The van der Waals surface area contributed by atoms with Crippen molar-refractivity contribution in [2.75, 3.05) is 0 Å². The van der Waals surface area contributed by atoms with Gasteiger partial charge in [0.25, 0.3) is 0 Å². The van der Waals surface area contributed by atoms with Crippen LogP contribution in [0.2, 0.25) is 0 Å². The molecule has 8 heteroatoms. The molecular weight excluding hydrogens is 847 g/mol. The van der Waals surface area contributed by atoms with Crippen LogP contribution in [-0.4, -0.2) is 27.3 Å². The van der Waals surface area contributed by atoms with Gasteiger partial charge in [-0.25, -0.2) is 13.8 Å². The Kier molecular flexibility index (Phi) is 15.7. The molecule has 287 valence electrons. The minimum Gasteiger partial charge on any atom is -0.512 e. The van der Waals surface area contributed by atoms with Gasteiger partial charge in [0.05, 0.1) is 5.76 Å². The number of rotatable bonds is 13. The smallest absolute Gasteiger partial charge is 0.243 e. The number of fused-ring (bicyclic) bond motifs is 2. The summed E-state index contributed by atoms with van der Waals surface area (Å²) in [6.45, 7) is 19.6. The Bertz CT molecular complexity index is 2000. The number of pyridine rings is 1. The molecule has 0 amide bonds. The second-order valence-corrected chi connectivity index (χ2v) is 14.9. The fourth-order valence-corrected chi connectivity index (χ4v) is 6.89. The Morgan fingerprint density at radius 3 is 2.11 bits per heavy atom. The zero-order valence-electron chi connectivity index (χ0n) is 32.9. The summed E-state index contributed by atoms with van der Waals surface area (Å²) in [5, 5.41) is 12.0. The van der Waals surface area contributed by atoms with E-state index < -0.39 is 11.8 Å². The van der Waals surface area contributed by atoms with Crippen LogP contribution in [0.25, 0.3) is 44.6 Å². The summed E-state index contributed by atoms with van der Waals surface area (Å²) in [4.78, 5) is 21.2. The summed E-state index contributed by atoms with van der Waals surface area (Å²) in [5.74, 6) is 1.39. The minimum atomic E-state index is -2.39. The molecular formula is C45H55F2IrN2O3-. The van der Waals surface area contributed by atoms with E-state index in [4.69, 9.17) is 9.40 Å². The summed E-state index contributed by atoms with van der Waals surface area (Å²) in [6.07, 6.45) is 4.56. The van der Waals surface area contributed by atoms with Crippen LogP contribution < -0.4 is 0 Å². The second-order valence-electron chi connectivity index (χ2n) is 14.9. The zero-order chi connectivity index (χ0) is 38.3. The van der Waals surface area contributed by atoms with Crippen LogP contribution in [0.5, 0.6) is 0 Å². The Morgan fingerprint density at radius 1 is 0.943 bits per heavy atom. The van der Waals surface area contributed by atoms with E-state index in [-0.39, 0.29) is 43.5 Å². The number of ketones is 1. The Hall–Kier alpha value is -3.74. The van der Waals surface area contributed by atoms with Crippen LogP contribution in [0.4, 0.5) is 8.78 Å². The summed E-state index contributed by atoms with van der Waals surface area (Å²) >= 11 is 0. The van der Waals surface area contributed by atoms with E-state index in [9.17, 15) is 18.7 Å². The van der Waals surface area contributed by atoms with E-state index in [1.165, 1.54) is 17.0 Å². The number of aliphatic hydroxyl groups excluding tert-OH is 1.